The first kappa shape index (κ1) is 15.5. The summed E-state index contributed by atoms with van der Waals surface area (Å²) in [6, 6.07) is 4.36. The van der Waals surface area contributed by atoms with E-state index in [1.165, 1.54) is 23.0 Å². The van der Waals surface area contributed by atoms with Gasteiger partial charge in [-0.25, -0.2) is 0 Å². The van der Waals surface area contributed by atoms with Gasteiger partial charge in [-0.1, -0.05) is 0 Å². The number of hydrogen-bond acceptors (Lipinski definition) is 5. The molecule has 0 aliphatic heterocycles. The third kappa shape index (κ3) is 3.34. The van der Waals surface area contributed by atoms with E-state index in [2.05, 4.69) is 5.10 Å². The van der Waals surface area contributed by atoms with E-state index in [1.807, 2.05) is 23.7 Å². The maximum atomic E-state index is 12.2. The molecule has 9 heteroatoms. The summed E-state index contributed by atoms with van der Waals surface area (Å²) < 4.78 is 29.2. The number of nitrogens with zero attached hydrogens (tertiary/aromatic N) is 4. The third-order valence-corrected chi connectivity index (χ3v) is 4.78. The zero-order valence-electron chi connectivity index (χ0n) is 12.9. The Kier molecular flexibility index (Phi) is 3.80. The molecular weight excluding hydrogens is 318 g/mol. The van der Waals surface area contributed by atoms with Crippen molar-refractivity contribution in [3.63, 3.8) is 0 Å². The van der Waals surface area contributed by atoms with Gasteiger partial charge in [0.05, 0.1) is 6.04 Å². The van der Waals surface area contributed by atoms with Crippen LogP contribution in [0, 0.1) is 0 Å². The van der Waals surface area contributed by atoms with Crippen LogP contribution in [0.5, 0.6) is 0 Å². The summed E-state index contributed by atoms with van der Waals surface area (Å²) in [7, 11) is -0.231. The van der Waals surface area contributed by atoms with Crippen molar-refractivity contribution >= 4 is 21.7 Å². The van der Waals surface area contributed by atoms with Gasteiger partial charge in [0.25, 0.3) is 0 Å². The van der Waals surface area contributed by atoms with Crippen LogP contribution in [0.1, 0.15) is 18.9 Å². The minimum absolute atomic E-state index is 0.150. The number of rotatable bonds is 4. The summed E-state index contributed by atoms with van der Waals surface area (Å²) in [5.74, 6) is 0. The molecule has 23 heavy (non-hydrogen) atoms. The van der Waals surface area contributed by atoms with E-state index < -0.39 is 16.1 Å². The summed E-state index contributed by atoms with van der Waals surface area (Å²) in [5, 5.41) is 3.88. The lowest BCUT2D eigenvalue weighted by atomic mass is 10.4. The lowest BCUT2D eigenvalue weighted by molar-refractivity contribution is -0.570. The molecule has 1 aliphatic carbocycles. The molecule has 8 nitrogen and oxygen atoms in total. The van der Waals surface area contributed by atoms with Crippen molar-refractivity contribution in [2.45, 2.75) is 23.9 Å². The predicted octanol–water partition coefficient (Wildman–Crippen LogP) is 0.518. The van der Waals surface area contributed by atoms with Crippen LogP contribution >= 0.6 is 0 Å². The van der Waals surface area contributed by atoms with Gasteiger partial charge in [0.1, 0.15) is 12.4 Å². The average Bonchev–Trinajstić information content (AvgIpc) is 3.23. The molecule has 0 radical (unpaired) electrons. The first-order chi connectivity index (χ1) is 10.9. The molecule has 1 fully saturated rings. The Hall–Kier alpha value is -2.42. The van der Waals surface area contributed by atoms with Crippen molar-refractivity contribution in [2.75, 3.05) is 19.0 Å². The number of pyridine rings is 1. The van der Waals surface area contributed by atoms with Crippen molar-refractivity contribution < 1.29 is 17.8 Å². The molecule has 0 unspecified atom stereocenters. The Balaban J connectivity index is 1.74. The molecule has 1 N–H and O–H groups in total. The number of amides is 1. The summed E-state index contributed by atoms with van der Waals surface area (Å²) in [4.78, 5) is 14.0. The minimum atomic E-state index is -3.98. The van der Waals surface area contributed by atoms with Crippen LogP contribution in [0.2, 0.25) is 0 Å². The van der Waals surface area contributed by atoms with E-state index >= 15 is 0 Å². The molecule has 0 spiro atoms. The first-order valence-corrected chi connectivity index (χ1v) is 8.66. The lowest BCUT2D eigenvalue weighted by Gasteiger charge is -2.10. The van der Waals surface area contributed by atoms with Crippen LogP contribution in [0.25, 0.3) is 0 Å². The Morgan fingerprint density at radius 2 is 1.96 bits per heavy atom. The highest BCUT2D eigenvalue weighted by molar-refractivity contribution is 7.90. The standard InChI is InChI=1S/C14H17N5O3S/c1-17(2)11-5-8-18(9-6-11)14(20)16-23(21,22)13-7-10-19(15-13)12-3-4-12/h5-10,12H,3-4H2,1-2H3/p+1. The van der Waals surface area contributed by atoms with E-state index in [0.29, 0.717) is 0 Å². The maximum Gasteiger partial charge on any atom is 0.511 e. The lowest BCUT2D eigenvalue weighted by Crippen LogP contribution is -2.51. The second-order valence-corrected chi connectivity index (χ2v) is 7.26. The summed E-state index contributed by atoms with van der Waals surface area (Å²) in [6.07, 6.45) is 6.63. The van der Waals surface area contributed by atoms with Crippen molar-refractivity contribution in [2.24, 2.45) is 0 Å². The zero-order chi connectivity index (χ0) is 16.6. The van der Waals surface area contributed by atoms with Gasteiger partial charge in [-0.05, 0) is 18.9 Å². The second-order valence-electron chi connectivity index (χ2n) is 5.63. The van der Waals surface area contributed by atoms with Crippen LogP contribution in [-0.4, -0.2) is 38.3 Å². The number of aromatic nitrogens is 3. The molecule has 0 saturated heterocycles. The van der Waals surface area contributed by atoms with Gasteiger partial charge in [-0.2, -0.15) is 22.9 Å². The molecule has 2 aromatic heterocycles. The SMILES string of the molecule is CN(C)c1cc[n+](C(=O)NS(=O)(=O)c2ccn(C3CC3)n2)cc1. The molecule has 2 aromatic rings. The summed E-state index contributed by atoms with van der Waals surface area (Å²) >= 11 is 0. The van der Waals surface area contributed by atoms with Gasteiger partial charge in [0.2, 0.25) is 5.03 Å². The van der Waals surface area contributed by atoms with Crippen LogP contribution < -0.4 is 14.2 Å². The third-order valence-electron chi connectivity index (χ3n) is 3.56. The highest BCUT2D eigenvalue weighted by atomic mass is 32.2. The van der Waals surface area contributed by atoms with Gasteiger partial charge in [0.15, 0.2) is 0 Å². The molecule has 1 aliphatic rings. The van der Waals surface area contributed by atoms with Gasteiger partial charge in [0, 0.05) is 38.1 Å². The monoisotopic (exact) mass is 336 g/mol. The van der Waals surface area contributed by atoms with E-state index in [1.54, 1.807) is 23.0 Å². The number of anilines is 1. The fourth-order valence-corrected chi connectivity index (χ4v) is 2.96. The van der Waals surface area contributed by atoms with E-state index in [0.717, 1.165) is 18.5 Å². The predicted molar refractivity (Wildman–Crippen MR) is 82.6 cm³/mol. The normalized spacial score (nSPS) is 14.5. The number of carbonyl (C=O) groups excluding carboxylic acids is 1. The average molecular weight is 336 g/mol. The second kappa shape index (κ2) is 5.65. The molecule has 0 bridgehead atoms. The maximum absolute atomic E-state index is 12.2. The highest BCUT2D eigenvalue weighted by Crippen LogP contribution is 2.34. The van der Waals surface area contributed by atoms with Crippen LogP contribution in [-0.2, 0) is 10.0 Å². The Bertz CT molecular complexity index is 822. The van der Waals surface area contributed by atoms with Crippen LogP contribution in [0.3, 0.4) is 0 Å². The topological polar surface area (TPSA) is 88.2 Å². The zero-order valence-corrected chi connectivity index (χ0v) is 13.7. The molecule has 1 saturated carbocycles. The minimum Gasteiger partial charge on any atom is -0.377 e. The largest absolute Gasteiger partial charge is 0.511 e. The quantitative estimate of drug-likeness (QED) is 0.822. The molecule has 122 valence electrons. The van der Waals surface area contributed by atoms with Gasteiger partial charge >= 0.3 is 16.1 Å². The van der Waals surface area contributed by atoms with Crippen LogP contribution in [0.15, 0.2) is 41.8 Å². The smallest absolute Gasteiger partial charge is 0.377 e. The number of nitrogens with one attached hydrogen (secondary N) is 1. The molecule has 0 atom stereocenters. The van der Waals surface area contributed by atoms with Crippen molar-refractivity contribution in [3.8, 4) is 0 Å². The molecule has 3 rings (SSSR count). The Morgan fingerprint density at radius 3 is 2.52 bits per heavy atom. The molecular formula is C14H18N5O3S+. The van der Waals surface area contributed by atoms with Gasteiger partial charge < -0.3 is 4.90 Å². The van der Waals surface area contributed by atoms with Crippen molar-refractivity contribution in [1.82, 2.24) is 14.5 Å². The summed E-state index contributed by atoms with van der Waals surface area (Å²) in [6.45, 7) is 0. The van der Waals surface area contributed by atoms with E-state index in [4.69, 9.17) is 0 Å². The van der Waals surface area contributed by atoms with Crippen molar-refractivity contribution in [1.29, 1.82) is 0 Å². The van der Waals surface area contributed by atoms with Gasteiger partial charge in [-0.3, -0.25) is 4.68 Å². The number of carbonyl (C=O) groups is 1. The van der Waals surface area contributed by atoms with Crippen molar-refractivity contribution in [3.05, 3.63) is 36.8 Å². The Labute approximate surface area is 134 Å². The molecule has 2 heterocycles. The highest BCUT2D eigenvalue weighted by Gasteiger charge is 2.31. The number of sulfonamides is 1. The van der Waals surface area contributed by atoms with Crippen LogP contribution in [0.4, 0.5) is 10.5 Å². The fraction of sp³-hybridized carbons (Fsp3) is 0.357. The van der Waals surface area contributed by atoms with E-state index in [-0.39, 0.29) is 11.1 Å². The first-order valence-electron chi connectivity index (χ1n) is 7.18. The molecule has 0 aromatic carbocycles. The Morgan fingerprint density at radius 1 is 1.30 bits per heavy atom. The van der Waals surface area contributed by atoms with Gasteiger partial charge in [-0.15, -0.1) is 4.72 Å². The fourth-order valence-electron chi connectivity index (χ4n) is 2.08. The number of hydrogen-bond donors (Lipinski definition) is 1. The molecule has 1 amide bonds. The summed E-state index contributed by atoms with van der Waals surface area (Å²) in [5.41, 5.74) is 0.903. The van der Waals surface area contributed by atoms with E-state index in [9.17, 15) is 13.2 Å².